The van der Waals surface area contributed by atoms with Crippen molar-refractivity contribution < 1.29 is 9.53 Å². The SMILES string of the molecule is COc1ccc(Br)c(NC(=O)CCc2ccccc2C)c1. The average Bonchev–Trinajstić information content (AvgIpc) is 2.48. The minimum atomic E-state index is -0.00722. The van der Waals surface area contributed by atoms with Crippen molar-refractivity contribution in [1.82, 2.24) is 0 Å². The van der Waals surface area contributed by atoms with Gasteiger partial charge in [0.05, 0.1) is 12.8 Å². The monoisotopic (exact) mass is 347 g/mol. The molecule has 0 saturated carbocycles. The van der Waals surface area contributed by atoms with E-state index in [0.29, 0.717) is 12.2 Å². The molecule has 0 unspecified atom stereocenters. The van der Waals surface area contributed by atoms with Gasteiger partial charge < -0.3 is 10.1 Å². The van der Waals surface area contributed by atoms with Crippen LogP contribution in [0, 0.1) is 6.92 Å². The van der Waals surface area contributed by atoms with Crippen LogP contribution in [0.4, 0.5) is 5.69 Å². The Morgan fingerprint density at radius 2 is 2.00 bits per heavy atom. The molecule has 0 bridgehead atoms. The smallest absolute Gasteiger partial charge is 0.224 e. The van der Waals surface area contributed by atoms with Crippen LogP contribution in [0.25, 0.3) is 0 Å². The first-order chi connectivity index (χ1) is 10.1. The van der Waals surface area contributed by atoms with E-state index in [1.165, 1.54) is 11.1 Å². The van der Waals surface area contributed by atoms with Gasteiger partial charge in [-0.3, -0.25) is 4.79 Å². The van der Waals surface area contributed by atoms with E-state index in [1.807, 2.05) is 24.3 Å². The molecule has 0 spiro atoms. The van der Waals surface area contributed by atoms with E-state index in [4.69, 9.17) is 4.74 Å². The fourth-order valence-corrected chi connectivity index (χ4v) is 2.42. The molecule has 0 fully saturated rings. The van der Waals surface area contributed by atoms with Crippen LogP contribution < -0.4 is 10.1 Å². The molecule has 21 heavy (non-hydrogen) atoms. The second-order valence-corrected chi connectivity index (χ2v) is 5.67. The zero-order valence-corrected chi connectivity index (χ0v) is 13.7. The maximum atomic E-state index is 12.1. The van der Waals surface area contributed by atoms with Crippen molar-refractivity contribution in [3.63, 3.8) is 0 Å². The van der Waals surface area contributed by atoms with E-state index in [-0.39, 0.29) is 5.91 Å². The number of amides is 1. The molecular formula is C17H18BrNO2. The van der Waals surface area contributed by atoms with Crippen molar-refractivity contribution in [3.05, 3.63) is 58.1 Å². The maximum absolute atomic E-state index is 12.1. The summed E-state index contributed by atoms with van der Waals surface area (Å²) in [7, 11) is 1.60. The molecule has 3 nitrogen and oxygen atoms in total. The number of carbonyl (C=O) groups is 1. The molecule has 1 N–H and O–H groups in total. The fraction of sp³-hybridized carbons (Fsp3) is 0.235. The third-order valence-electron chi connectivity index (χ3n) is 3.33. The third-order valence-corrected chi connectivity index (χ3v) is 4.02. The lowest BCUT2D eigenvalue weighted by Gasteiger charge is -2.10. The molecule has 0 heterocycles. The number of ether oxygens (including phenoxy) is 1. The van der Waals surface area contributed by atoms with Crippen molar-refractivity contribution in [2.24, 2.45) is 0 Å². The Labute approximate surface area is 133 Å². The molecule has 110 valence electrons. The highest BCUT2D eigenvalue weighted by molar-refractivity contribution is 9.10. The van der Waals surface area contributed by atoms with Crippen molar-refractivity contribution in [2.45, 2.75) is 19.8 Å². The van der Waals surface area contributed by atoms with Gasteiger partial charge in [-0.15, -0.1) is 0 Å². The van der Waals surface area contributed by atoms with E-state index in [0.717, 1.165) is 16.6 Å². The molecule has 0 saturated heterocycles. The van der Waals surface area contributed by atoms with Crippen LogP contribution in [0.15, 0.2) is 46.9 Å². The van der Waals surface area contributed by atoms with Crippen molar-refractivity contribution in [1.29, 1.82) is 0 Å². The number of halogens is 1. The fourth-order valence-electron chi connectivity index (χ4n) is 2.08. The highest BCUT2D eigenvalue weighted by Gasteiger charge is 2.08. The lowest BCUT2D eigenvalue weighted by Crippen LogP contribution is -2.13. The Morgan fingerprint density at radius 1 is 1.24 bits per heavy atom. The number of carbonyl (C=O) groups excluding carboxylic acids is 1. The number of anilines is 1. The van der Waals surface area contributed by atoms with Gasteiger partial charge >= 0.3 is 0 Å². The van der Waals surface area contributed by atoms with Crippen LogP contribution in [0.3, 0.4) is 0 Å². The second kappa shape index (κ2) is 7.27. The van der Waals surface area contributed by atoms with Gasteiger partial charge in [0.25, 0.3) is 0 Å². The van der Waals surface area contributed by atoms with Crippen LogP contribution in [0.1, 0.15) is 17.5 Å². The molecule has 2 rings (SSSR count). The van der Waals surface area contributed by atoms with Crippen LogP contribution in [0.5, 0.6) is 5.75 Å². The van der Waals surface area contributed by atoms with E-state index >= 15 is 0 Å². The number of aryl methyl sites for hydroxylation is 2. The van der Waals surface area contributed by atoms with Crippen molar-refractivity contribution >= 4 is 27.5 Å². The predicted octanol–water partition coefficient (Wildman–Crippen LogP) is 4.34. The number of hydrogen-bond donors (Lipinski definition) is 1. The summed E-state index contributed by atoms with van der Waals surface area (Å²) in [6, 6.07) is 13.6. The van der Waals surface area contributed by atoms with Gasteiger partial charge in [-0.25, -0.2) is 0 Å². The molecule has 0 atom stereocenters. The second-order valence-electron chi connectivity index (χ2n) is 4.82. The van der Waals surface area contributed by atoms with E-state index in [1.54, 1.807) is 13.2 Å². The molecule has 4 heteroatoms. The Bertz CT molecular complexity index is 640. The topological polar surface area (TPSA) is 38.3 Å². The zero-order chi connectivity index (χ0) is 15.2. The zero-order valence-electron chi connectivity index (χ0n) is 12.2. The Hall–Kier alpha value is -1.81. The predicted molar refractivity (Wildman–Crippen MR) is 88.8 cm³/mol. The van der Waals surface area contributed by atoms with Crippen LogP contribution in [-0.2, 0) is 11.2 Å². The quantitative estimate of drug-likeness (QED) is 0.873. The van der Waals surface area contributed by atoms with Crippen molar-refractivity contribution in [2.75, 3.05) is 12.4 Å². The van der Waals surface area contributed by atoms with Gasteiger partial charge in [0.15, 0.2) is 0 Å². The summed E-state index contributed by atoms with van der Waals surface area (Å²) in [6.07, 6.45) is 1.19. The summed E-state index contributed by atoms with van der Waals surface area (Å²) in [6.45, 7) is 2.06. The lowest BCUT2D eigenvalue weighted by atomic mass is 10.0. The highest BCUT2D eigenvalue weighted by Crippen LogP contribution is 2.27. The number of benzene rings is 2. The minimum Gasteiger partial charge on any atom is -0.497 e. The Kier molecular flexibility index (Phi) is 5.39. The Balaban J connectivity index is 1.97. The van der Waals surface area contributed by atoms with Gasteiger partial charge in [0.2, 0.25) is 5.91 Å². The number of nitrogens with one attached hydrogen (secondary N) is 1. The summed E-state index contributed by atoms with van der Waals surface area (Å²) in [5.74, 6) is 0.708. The van der Waals surface area contributed by atoms with E-state index in [2.05, 4.69) is 40.3 Å². The van der Waals surface area contributed by atoms with E-state index in [9.17, 15) is 4.79 Å². The Morgan fingerprint density at radius 3 is 2.71 bits per heavy atom. The highest BCUT2D eigenvalue weighted by atomic mass is 79.9. The molecule has 0 aliphatic rings. The van der Waals surface area contributed by atoms with Crippen LogP contribution in [0.2, 0.25) is 0 Å². The normalized spacial score (nSPS) is 10.2. The third kappa shape index (κ3) is 4.33. The molecule has 0 aliphatic heterocycles. The summed E-state index contributed by atoms with van der Waals surface area (Å²) in [5.41, 5.74) is 3.15. The molecular weight excluding hydrogens is 330 g/mol. The maximum Gasteiger partial charge on any atom is 0.224 e. The van der Waals surface area contributed by atoms with Gasteiger partial charge in [-0.2, -0.15) is 0 Å². The summed E-state index contributed by atoms with van der Waals surface area (Å²) >= 11 is 3.43. The molecule has 2 aromatic rings. The minimum absolute atomic E-state index is 0.00722. The van der Waals surface area contributed by atoms with Gasteiger partial charge in [-0.05, 0) is 52.5 Å². The first kappa shape index (κ1) is 15.6. The first-order valence-electron chi connectivity index (χ1n) is 6.78. The molecule has 2 aromatic carbocycles. The first-order valence-corrected chi connectivity index (χ1v) is 7.57. The van der Waals surface area contributed by atoms with Gasteiger partial charge in [0.1, 0.15) is 5.75 Å². The van der Waals surface area contributed by atoms with Gasteiger partial charge in [-0.1, -0.05) is 24.3 Å². The van der Waals surface area contributed by atoms with Gasteiger partial charge in [0, 0.05) is 17.0 Å². The summed E-state index contributed by atoms with van der Waals surface area (Å²) < 4.78 is 6.00. The number of rotatable bonds is 5. The van der Waals surface area contributed by atoms with Crippen LogP contribution >= 0.6 is 15.9 Å². The molecule has 0 aliphatic carbocycles. The van der Waals surface area contributed by atoms with E-state index < -0.39 is 0 Å². The number of methoxy groups -OCH3 is 1. The molecule has 1 amide bonds. The van der Waals surface area contributed by atoms with Crippen LogP contribution in [-0.4, -0.2) is 13.0 Å². The summed E-state index contributed by atoms with van der Waals surface area (Å²) in [5, 5.41) is 2.91. The number of hydrogen-bond acceptors (Lipinski definition) is 2. The lowest BCUT2D eigenvalue weighted by molar-refractivity contribution is -0.116. The summed E-state index contributed by atoms with van der Waals surface area (Å²) in [4.78, 5) is 12.1. The molecule has 0 aromatic heterocycles. The van der Waals surface area contributed by atoms with Crippen molar-refractivity contribution in [3.8, 4) is 5.75 Å². The standard InChI is InChI=1S/C17H18BrNO2/c1-12-5-3-4-6-13(12)7-10-17(20)19-16-11-14(21-2)8-9-15(16)18/h3-6,8-9,11H,7,10H2,1-2H3,(H,19,20). The average molecular weight is 348 g/mol. The largest absolute Gasteiger partial charge is 0.497 e. The molecule has 0 radical (unpaired) electrons.